The van der Waals surface area contributed by atoms with Gasteiger partial charge in [-0.1, -0.05) is 71.6 Å². The molecule has 0 saturated carbocycles. The van der Waals surface area contributed by atoms with Crippen LogP contribution in [-0.4, -0.2) is 0 Å². The number of aromatic nitrogens is 1. The van der Waals surface area contributed by atoms with E-state index < -0.39 is 0 Å². The van der Waals surface area contributed by atoms with Crippen LogP contribution in [0.25, 0.3) is 31.9 Å². The molecular weight excluding hydrogens is 318 g/mol. The van der Waals surface area contributed by atoms with Gasteiger partial charge in [0, 0.05) is 11.0 Å². The molecule has 0 spiro atoms. The zero-order valence-corrected chi connectivity index (χ0v) is 14.0. The standard InChI is InChI=1S/C20H14NS2/c1-2-6-14(7-3-1)15-10-11-18-16(12-15)20-21(13-22-18)17-8-4-5-9-19(17)23-20/h1-12H,13H2/q+1. The Morgan fingerprint density at radius 1 is 0.783 bits per heavy atom. The first-order valence-electron chi connectivity index (χ1n) is 7.64. The van der Waals surface area contributed by atoms with Crippen LogP contribution in [0.1, 0.15) is 0 Å². The highest BCUT2D eigenvalue weighted by atomic mass is 32.2. The van der Waals surface area contributed by atoms with Crippen LogP contribution in [-0.2, 0) is 5.88 Å². The molecule has 0 fully saturated rings. The van der Waals surface area contributed by atoms with Gasteiger partial charge in [0.25, 0.3) is 5.01 Å². The minimum absolute atomic E-state index is 0.997. The fourth-order valence-corrected chi connectivity index (χ4v) is 5.48. The van der Waals surface area contributed by atoms with Gasteiger partial charge in [-0.2, -0.15) is 4.57 Å². The topological polar surface area (TPSA) is 3.88 Å². The van der Waals surface area contributed by atoms with Gasteiger partial charge < -0.3 is 0 Å². The normalized spacial score (nSPS) is 12.9. The van der Waals surface area contributed by atoms with Gasteiger partial charge in [-0.25, -0.2) is 0 Å². The molecule has 0 atom stereocenters. The highest BCUT2D eigenvalue weighted by Gasteiger charge is 2.29. The summed E-state index contributed by atoms with van der Waals surface area (Å²) in [6.45, 7) is 0. The lowest BCUT2D eigenvalue weighted by Gasteiger charge is -2.12. The zero-order chi connectivity index (χ0) is 15.2. The van der Waals surface area contributed by atoms with Crippen molar-refractivity contribution in [1.82, 2.24) is 0 Å². The van der Waals surface area contributed by atoms with Crippen LogP contribution >= 0.6 is 23.1 Å². The van der Waals surface area contributed by atoms with E-state index >= 15 is 0 Å². The molecule has 3 aromatic carbocycles. The van der Waals surface area contributed by atoms with Crippen molar-refractivity contribution in [3.05, 3.63) is 72.8 Å². The van der Waals surface area contributed by atoms with E-state index in [1.165, 1.54) is 36.8 Å². The number of hydrogen-bond acceptors (Lipinski definition) is 2. The average Bonchev–Trinajstić information content (AvgIpc) is 3.01. The lowest BCUT2D eigenvalue weighted by molar-refractivity contribution is -0.635. The maximum Gasteiger partial charge on any atom is 0.272 e. The number of para-hydroxylation sites is 1. The highest BCUT2D eigenvalue weighted by Crippen LogP contribution is 2.41. The van der Waals surface area contributed by atoms with Gasteiger partial charge in [0.05, 0.1) is 5.56 Å². The fourth-order valence-electron chi connectivity index (χ4n) is 3.13. The molecule has 0 N–H and O–H groups in total. The van der Waals surface area contributed by atoms with E-state index in [1.807, 2.05) is 23.1 Å². The summed E-state index contributed by atoms with van der Waals surface area (Å²) in [4.78, 5) is 1.39. The van der Waals surface area contributed by atoms with Crippen molar-refractivity contribution in [2.24, 2.45) is 0 Å². The molecule has 0 bridgehead atoms. The minimum atomic E-state index is 0.997. The smallest absolute Gasteiger partial charge is 0.171 e. The summed E-state index contributed by atoms with van der Waals surface area (Å²) in [6, 6.07) is 26.2. The maximum atomic E-state index is 2.45. The number of nitrogens with zero attached hydrogens (tertiary/aromatic N) is 1. The van der Waals surface area contributed by atoms with E-state index in [2.05, 4.69) is 77.4 Å². The predicted molar refractivity (Wildman–Crippen MR) is 98.7 cm³/mol. The largest absolute Gasteiger partial charge is 0.272 e. The van der Waals surface area contributed by atoms with E-state index in [9.17, 15) is 0 Å². The van der Waals surface area contributed by atoms with Gasteiger partial charge in [0.15, 0.2) is 0 Å². The number of thiazole rings is 1. The molecule has 1 aliphatic rings. The van der Waals surface area contributed by atoms with Crippen molar-refractivity contribution < 1.29 is 4.57 Å². The van der Waals surface area contributed by atoms with Crippen LogP contribution in [0.3, 0.4) is 0 Å². The molecule has 0 unspecified atom stereocenters. The zero-order valence-electron chi connectivity index (χ0n) is 12.4. The molecule has 110 valence electrons. The summed E-state index contributed by atoms with van der Waals surface area (Å²) in [5.41, 5.74) is 5.27. The second-order valence-electron chi connectivity index (χ2n) is 5.65. The molecule has 23 heavy (non-hydrogen) atoms. The number of hydrogen-bond donors (Lipinski definition) is 0. The summed E-state index contributed by atoms with van der Waals surface area (Å²) in [7, 11) is 0. The Labute approximate surface area is 143 Å². The van der Waals surface area contributed by atoms with Crippen LogP contribution in [0.2, 0.25) is 0 Å². The Bertz CT molecular complexity index is 1020. The third-order valence-electron chi connectivity index (χ3n) is 4.27. The summed E-state index contributed by atoms with van der Waals surface area (Å²) in [5.74, 6) is 0.997. The maximum absolute atomic E-state index is 2.45. The van der Waals surface area contributed by atoms with E-state index in [0.29, 0.717) is 0 Å². The van der Waals surface area contributed by atoms with Crippen molar-refractivity contribution in [2.45, 2.75) is 10.8 Å². The van der Waals surface area contributed by atoms with Crippen LogP contribution in [0.5, 0.6) is 0 Å². The summed E-state index contributed by atoms with van der Waals surface area (Å²) < 4.78 is 3.81. The van der Waals surface area contributed by atoms with Gasteiger partial charge in [0.2, 0.25) is 11.4 Å². The molecule has 2 heterocycles. The second-order valence-corrected chi connectivity index (χ2v) is 7.67. The molecule has 1 aromatic heterocycles. The van der Waals surface area contributed by atoms with Crippen molar-refractivity contribution in [3.8, 4) is 21.7 Å². The van der Waals surface area contributed by atoms with Crippen LogP contribution in [0, 0.1) is 0 Å². The summed E-state index contributed by atoms with van der Waals surface area (Å²) in [6.07, 6.45) is 0. The first kappa shape index (κ1) is 13.3. The lowest BCUT2D eigenvalue weighted by Crippen LogP contribution is -2.34. The van der Waals surface area contributed by atoms with Gasteiger partial charge in [0.1, 0.15) is 4.70 Å². The van der Waals surface area contributed by atoms with Gasteiger partial charge in [-0.05, 0) is 29.3 Å². The molecule has 3 heteroatoms. The SMILES string of the molecule is c1ccc(-c2ccc3c(c2)-c2sc4ccccc4[n+]2CS3)cc1. The molecule has 0 radical (unpaired) electrons. The number of benzene rings is 3. The first-order chi connectivity index (χ1) is 11.4. The molecule has 4 aromatic rings. The molecular formula is C20H14NS2+. The molecule has 5 rings (SSSR count). The number of rotatable bonds is 1. The lowest BCUT2D eigenvalue weighted by atomic mass is 10.0. The van der Waals surface area contributed by atoms with Crippen molar-refractivity contribution >= 4 is 33.3 Å². The third-order valence-corrected chi connectivity index (χ3v) is 6.53. The molecule has 1 nitrogen and oxygen atoms in total. The quantitative estimate of drug-likeness (QED) is 0.411. The van der Waals surface area contributed by atoms with E-state index in [1.54, 1.807) is 0 Å². The van der Waals surface area contributed by atoms with E-state index in [4.69, 9.17) is 0 Å². The van der Waals surface area contributed by atoms with Crippen LogP contribution < -0.4 is 4.57 Å². The molecule has 1 aliphatic heterocycles. The molecule has 0 aliphatic carbocycles. The van der Waals surface area contributed by atoms with Crippen molar-refractivity contribution in [3.63, 3.8) is 0 Å². The van der Waals surface area contributed by atoms with Gasteiger partial charge in [-0.3, -0.25) is 0 Å². The third kappa shape index (κ3) is 2.12. The van der Waals surface area contributed by atoms with Crippen LogP contribution in [0.4, 0.5) is 0 Å². The summed E-state index contributed by atoms with van der Waals surface area (Å²) in [5, 5.41) is 1.37. The van der Waals surface area contributed by atoms with Gasteiger partial charge in [-0.15, -0.1) is 0 Å². The molecule has 0 saturated heterocycles. The Morgan fingerprint density at radius 2 is 1.61 bits per heavy atom. The Balaban J connectivity index is 1.74. The monoisotopic (exact) mass is 332 g/mol. The van der Waals surface area contributed by atoms with Crippen LogP contribution in [0.15, 0.2) is 77.7 Å². The van der Waals surface area contributed by atoms with Crippen molar-refractivity contribution in [1.29, 1.82) is 0 Å². The van der Waals surface area contributed by atoms with E-state index in [-0.39, 0.29) is 0 Å². The Morgan fingerprint density at radius 3 is 2.52 bits per heavy atom. The average molecular weight is 332 g/mol. The van der Waals surface area contributed by atoms with Gasteiger partial charge >= 0.3 is 0 Å². The van der Waals surface area contributed by atoms with E-state index in [0.717, 1.165) is 5.88 Å². The highest BCUT2D eigenvalue weighted by molar-refractivity contribution is 7.98. The Kier molecular flexibility index (Phi) is 3.03. The summed E-state index contributed by atoms with van der Waals surface area (Å²) >= 11 is 3.82. The predicted octanol–water partition coefficient (Wildman–Crippen LogP) is 5.59. The minimum Gasteiger partial charge on any atom is -0.171 e. The Hall–Kier alpha value is -2.10. The second kappa shape index (κ2) is 5.22. The number of thioether (sulfide) groups is 1. The first-order valence-corrected chi connectivity index (χ1v) is 9.44. The number of fused-ring (bicyclic) bond motifs is 5. The fraction of sp³-hybridized carbons (Fsp3) is 0.0500. The van der Waals surface area contributed by atoms with Crippen molar-refractivity contribution in [2.75, 3.05) is 0 Å². The molecule has 0 amide bonds.